The number of nitrogens with one attached hydrogen (secondary N) is 2. The molecule has 5 heteroatoms. The molecule has 2 N–H and O–H groups in total. The second kappa shape index (κ2) is 5.89. The minimum Gasteiger partial charge on any atom is -0.497 e. The molecule has 112 valence electrons. The molecule has 2 aromatic rings. The first-order chi connectivity index (χ1) is 10.6. The first-order valence-corrected chi connectivity index (χ1v) is 6.99. The van der Waals surface area contributed by atoms with Crippen molar-refractivity contribution in [1.29, 1.82) is 0 Å². The molecule has 22 heavy (non-hydrogen) atoms. The molecule has 0 saturated carbocycles. The number of methoxy groups -OCH3 is 1. The highest BCUT2D eigenvalue weighted by molar-refractivity contribution is 5.99. The van der Waals surface area contributed by atoms with Gasteiger partial charge in [-0.1, -0.05) is 18.2 Å². The smallest absolute Gasteiger partial charge is 0.228 e. The Labute approximate surface area is 128 Å². The minimum absolute atomic E-state index is 0.00650. The Morgan fingerprint density at radius 1 is 1.27 bits per heavy atom. The first-order valence-electron chi connectivity index (χ1n) is 6.99. The number of benzene rings is 2. The molecule has 0 aromatic heterocycles. The van der Waals surface area contributed by atoms with Crippen molar-refractivity contribution in [2.24, 2.45) is 0 Å². The highest BCUT2D eigenvalue weighted by Crippen LogP contribution is 2.24. The van der Waals surface area contributed by atoms with Gasteiger partial charge in [0.15, 0.2) is 0 Å². The number of anilines is 2. The maximum absolute atomic E-state index is 12.1. The summed E-state index contributed by atoms with van der Waals surface area (Å²) in [6.45, 7) is 0. The van der Waals surface area contributed by atoms with Crippen LogP contribution < -0.4 is 15.4 Å². The molecular weight excluding hydrogens is 280 g/mol. The standard InChI is InChI=1S/C17H16N2O3/c1-22-14-4-2-3-13(10-14)18-16(20)8-11-5-6-15-12(7-11)9-17(21)19-15/h2-7,10H,8-9H2,1H3,(H,18,20)(H,19,21). The topological polar surface area (TPSA) is 67.4 Å². The van der Waals surface area contributed by atoms with Gasteiger partial charge in [-0.25, -0.2) is 0 Å². The summed E-state index contributed by atoms with van der Waals surface area (Å²) in [7, 11) is 1.58. The van der Waals surface area contributed by atoms with Crippen molar-refractivity contribution in [2.45, 2.75) is 12.8 Å². The Morgan fingerprint density at radius 2 is 2.14 bits per heavy atom. The zero-order valence-corrected chi connectivity index (χ0v) is 12.2. The molecule has 2 aromatic carbocycles. The molecule has 0 radical (unpaired) electrons. The number of ether oxygens (including phenoxy) is 1. The number of carbonyl (C=O) groups excluding carboxylic acids is 2. The predicted molar refractivity (Wildman–Crippen MR) is 84.1 cm³/mol. The maximum Gasteiger partial charge on any atom is 0.228 e. The monoisotopic (exact) mass is 296 g/mol. The van der Waals surface area contributed by atoms with Crippen molar-refractivity contribution < 1.29 is 14.3 Å². The van der Waals surface area contributed by atoms with Crippen LogP contribution in [0.3, 0.4) is 0 Å². The van der Waals surface area contributed by atoms with Gasteiger partial charge in [0.1, 0.15) is 5.75 Å². The fourth-order valence-electron chi connectivity index (χ4n) is 2.48. The average Bonchev–Trinajstić information content (AvgIpc) is 2.86. The van der Waals surface area contributed by atoms with Crippen LogP contribution in [0.25, 0.3) is 0 Å². The van der Waals surface area contributed by atoms with E-state index in [2.05, 4.69) is 10.6 Å². The summed E-state index contributed by atoms with van der Waals surface area (Å²) in [5.41, 5.74) is 3.36. The lowest BCUT2D eigenvalue weighted by atomic mass is 10.1. The van der Waals surface area contributed by atoms with Crippen molar-refractivity contribution in [3.8, 4) is 5.75 Å². The molecule has 0 spiro atoms. The Morgan fingerprint density at radius 3 is 2.95 bits per heavy atom. The minimum atomic E-state index is -0.106. The van der Waals surface area contributed by atoms with Crippen LogP contribution in [-0.4, -0.2) is 18.9 Å². The number of amides is 2. The Bertz CT molecular complexity index is 740. The Kier molecular flexibility index (Phi) is 3.78. The molecule has 0 saturated heterocycles. The molecule has 2 amide bonds. The summed E-state index contributed by atoms with van der Waals surface area (Å²) in [5.74, 6) is 0.582. The lowest BCUT2D eigenvalue weighted by Crippen LogP contribution is -2.14. The quantitative estimate of drug-likeness (QED) is 0.910. The summed E-state index contributed by atoms with van der Waals surface area (Å²) in [5, 5.41) is 5.62. The van der Waals surface area contributed by atoms with Crippen LogP contribution in [0.2, 0.25) is 0 Å². The molecule has 0 aliphatic carbocycles. The molecule has 0 fully saturated rings. The molecule has 3 rings (SSSR count). The van der Waals surface area contributed by atoms with Gasteiger partial charge in [0.2, 0.25) is 11.8 Å². The lowest BCUT2D eigenvalue weighted by Gasteiger charge is -2.08. The van der Waals surface area contributed by atoms with Crippen molar-refractivity contribution in [1.82, 2.24) is 0 Å². The third-order valence-corrected chi connectivity index (χ3v) is 3.51. The highest BCUT2D eigenvalue weighted by Gasteiger charge is 2.18. The van der Waals surface area contributed by atoms with Crippen LogP contribution in [0.4, 0.5) is 11.4 Å². The second-order valence-corrected chi connectivity index (χ2v) is 5.17. The molecule has 1 aliphatic rings. The third-order valence-electron chi connectivity index (χ3n) is 3.51. The van der Waals surface area contributed by atoms with Gasteiger partial charge in [0.05, 0.1) is 20.0 Å². The van der Waals surface area contributed by atoms with Crippen LogP contribution in [0.5, 0.6) is 5.75 Å². The van der Waals surface area contributed by atoms with Gasteiger partial charge in [-0.2, -0.15) is 0 Å². The molecule has 1 heterocycles. The van der Waals surface area contributed by atoms with Gasteiger partial charge in [-0.3, -0.25) is 9.59 Å². The van der Waals surface area contributed by atoms with E-state index in [1.807, 2.05) is 36.4 Å². The van der Waals surface area contributed by atoms with E-state index in [-0.39, 0.29) is 18.2 Å². The maximum atomic E-state index is 12.1. The van der Waals surface area contributed by atoms with E-state index in [1.54, 1.807) is 13.2 Å². The number of hydrogen-bond donors (Lipinski definition) is 2. The SMILES string of the molecule is COc1cccc(NC(=O)Cc2ccc3c(c2)CC(=O)N3)c1. The molecule has 0 bridgehead atoms. The number of hydrogen-bond acceptors (Lipinski definition) is 3. The van der Waals surface area contributed by atoms with Gasteiger partial charge < -0.3 is 15.4 Å². The van der Waals surface area contributed by atoms with E-state index < -0.39 is 0 Å². The summed E-state index contributed by atoms with van der Waals surface area (Å²) < 4.78 is 5.12. The summed E-state index contributed by atoms with van der Waals surface area (Å²) in [6, 6.07) is 12.8. The van der Waals surface area contributed by atoms with Crippen molar-refractivity contribution >= 4 is 23.2 Å². The second-order valence-electron chi connectivity index (χ2n) is 5.17. The van der Waals surface area contributed by atoms with Gasteiger partial charge in [-0.05, 0) is 29.3 Å². The summed E-state index contributed by atoms with van der Waals surface area (Å²) in [4.78, 5) is 23.4. The first kappa shape index (κ1) is 14.1. The molecule has 5 nitrogen and oxygen atoms in total. The van der Waals surface area contributed by atoms with Crippen molar-refractivity contribution in [3.05, 3.63) is 53.6 Å². The Balaban J connectivity index is 1.67. The molecular formula is C17H16N2O3. The van der Waals surface area contributed by atoms with Crippen LogP contribution in [0, 0.1) is 0 Å². The van der Waals surface area contributed by atoms with E-state index in [0.29, 0.717) is 17.9 Å². The molecule has 1 aliphatic heterocycles. The van der Waals surface area contributed by atoms with E-state index in [9.17, 15) is 9.59 Å². The third kappa shape index (κ3) is 3.09. The van der Waals surface area contributed by atoms with Crippen LogP contribution in [0.15, 0.2) is 42.5 Å². The Hall–Kier alpha value is -2.82. The normalized spacial score (nSPS) is 12.5. The molecule has 0 unspecified atom stereocenters. The fraction of sp³-hybridized carbons (Fsp3) is 0.176. The van der Waals surface area contributed by atoms with Crippen LogP contribution >= 0.6 is 0 Å². The van der Waals surface area contributed by atoms with Crippen molar-refractivity contribution in [2.75, 3.05) is 17.7 Å². The van der Waals surface area contributed by atoms with Gasteiger partial charge in [0, 0.05) is 17.4 Å². The highest BCUT2D eigenvalue weighted by atomic mass is 16.5. The van der Waals surface area contributed by atoms with E-state index in [0.717, 1.165) is 16.8 Å². The largest absolute Gasteiger partial charge is 0.497 e. The number of rotatable bonds is 4. The van der Waals surface area contributed by atoms with Gasteiger partial charge in [0.25, 0.3) is 0 Å². The van der Waals surface area contributed by atoms with E-state index >= 15 is 0 Å². The van der Waals surface area contributed by atoms with E-state index in [1.165, 1.54) is 0 Å². The average molecular weight is 296 g/mol. The molecule has 0 atom stereocenters. The summed E-state index contributed by atoms with van der Waals surface area (Å²) in [6.07, 6.45) is 0.638. The fourth-order valence-corrected chi connectivity index (χ4v) is 2.48. The van der Waals surface area contributed by atoms with Crippen molar-refractivity contribution in [3.63, 3.8) is 0 Å². The number of fused-ring (bicyclic) bond motifs is 1. The predicted octanol–water partition coefficient (Wildman–Crippen LogP) is 2.37. The summed E-state index contributed by atoms with van der Waals surface area (Å²) >= 11 is 0. The van der Waals surface area contributed by atoms with Gasteiger partial charge >= 0.3 is 0 Å². The van der Waals surface area contributed by atoms with Crippen LogP contribution in [-0.2, 0) is 22.4 Å². The van der Waals surface area contributed by atoms with Crippen LogP contribution in [0.1, 0.15) is 11.1 Å². The lowest BCUT2D eigenvalue weighted by molar-refractivity contribution is -0.116. The zero-order valence-electron chi connectivity index (χ0n) is 12.2. The van der Waals surface area contributed by atoms with Gasteiger partial charge in [-0.15, -0.1) is 0 Å². The zero-order chi connectivity index (χ0) is 15.5. The number of carbonyl (C=O) groups is 2. The van der Waals surface area contributed by atoms with E-state index in [4.69, 9.17) is 4.74 Å².